The smallest absolute Gasteiger partial charge is 0.335 e. The van der Waals surface area contributed by atoms with Crippen LogP contribution in [0.5, 0.6) is 0 Å². The highest BCUT2D eigenvalue weighted by Crippen LogP contribution is 2.41. The van der Waals surface area contributed by atoms with Gasteiger partial charge in [0.25, 0.3) is 0 Å². The van der Waals surface area contributed by atoms with E-state index in [1.165, 1.54) is 18.2 Å². The number of hydrogen-bond acceptors (Lipinski definition) is 4. The summed E-state index contributed by atoms with van der Waals surface area (Å²) in [7, 11) is -3.80. The van der Waals surface area contributed by atoms with Gasteiger partial charge in [0.2, 0.25) is 10.0 Å². The molecule has 7 heteroatoms. The van der Waals surface area contributed by atoms with Crippen LogP contribution in [0.3, 0.4) is 0 Å². The van der Waals surface area contributed by atoms with Crippen LogP contribution in [0.1, 0.15) is 30.6 Å². The van der Waals surface area contributed by atoms with E-state index in [1.807, 2.05) is 0 Å². The summed E-state index contributed by atoms with van der Waals surface area (Å²) < 4.78 is 27.0. The Morgan fingerprint density at radius 1 is 1.40 bits per heavy atom. The van der Waals surface area contributed by atoms with Gasteiger partial charge >= 0.3 is 5.97 Å². The lowest BCUT2D eigenvalue weighted by Crippen LogP contribution is -2.61. The SMILES string of the molecule is CC1(C)C(O)CC1NS(=O)(=O)c1cccc(C(=O)O)c1. The highest BCUT2D eigenvalue weighted by molar-refractivity contribution is 7.89. The molecule has 0 aliphatic heterocycles. The fourth-order valence-corrected chi connectivity index (χ4v) is 3.60. The van der Waals surface area contributed by atoms with Crippen molar-refractivity contribution in [2.75, 3.05) is 0 Å². The third kappa shape index (κ3) is 2.56. The summed E-state index contributed by atoms with van der Waals surface area (Å²) in [6.07, 6.45) is -0.189. The third-order valence-corrected chi connectivity index (χ3v) is 5.37. The van der Waals surface area contributed by atoms with Crippen LogP contribution in [0.25, 0.3) is 0 Å². The molecule has 0 bridgehead atoms. The fourth-order valence-electron chi connectivity index (χ4n) is 2.15. The number of benzene rings is 1. The number of nitrogens with one attached hydrogen (secondary N) is 1. The number of carbonyl (C=O) groups is 1. The largest absolute Gasteiger partial charge is 0.478 e. The monoisotopic (exact) mass is 299 g/mol. The summed E-state index contributed by atoms with van der Waals surface area (Å²) in [4.78, 5) is 10.8. The Balaban J connectivity index is 2.24. The first kappa shape index (κ1) is 15.0. The lowest BCUT2D eigenvalue weighted by molar-refractivity contribution is -0.0645. The Morgan fingerprint density at radius 3 is 2.55 bits per heavy atom. The molecule has 1 aliphatic rings. The molecular formula is C13H17NO5S. The zero-order valence-electron chi connectivity index (χ0n) is 11.2. The molecule has 20 heavy (non-hydrogen) atoms. The van der Waals surface area contributed by atoms with Gasteiger partial charge in [-0.2, -0.15) is 0 Å². The Kier molecular flexibility index (Phi) is 3.62. The van der Waals surface area contributed by atoms with Crippen molar-refractivity contribution in [1.82, 2.24) is 4.72 Å². The summed E-state index contributed by atoms with van der Waals surface area (Å²) in [5.74, 6) is -1.18. The van der Waals surface area contributed by atoms with Gasteiger partial charge in [-0.3, -0.25) is 0 Å². The number of aliphatic hydroxyl groups is 1. The van der Waals surface area contributed by atoms with Crippen molar-refractivity contribution in [3.63, 3.8) is 0 Å². The molecule has 1 aromatic rings. The summed E-state index contributed by atoms with van der Waals surface area (Å²) >= 11 is 0. The summed E-state index contributed by atoms with van der Waals surface area (Å²) in [5.41, 5.74) is -0.613. The number of aromatic carboxylic acids is 1. The normalized spacial score (nSPS) is 24.9. The lowest BCUT2D eigenvalue weighted by atomic mass is 9.65. The standard InChI is InChI=1S/C13H17NO5S/c1-13(2)10(7-11(13)15)14-20(18,19)9-5-3-4-8(6-9)12(16)17/h3-6,10-11,14-15H,7H2,1-2H3,(H,16,17). The molecule has 0 radical (unpaired) electrons. The van der Waals surface area contributed by atoms with Gasteiger partial charge in [0.1, 0.15) is 0 Å². The Bertz CT molecular complexity index is 638. The van der Waals surface area contributed by atoms with Gasteiger partial charge in [0, 0.05) is 11.5 Å². The number of hydrogen-bond donors (Lipinski definition) is 3. The van der Waals surface area contributed by atoms with Crippen molar-refractivity contribution in [3.05, 3.63) is 29.8 Å². The van der Waals surface area contributed by atoms with E-state index in [9.17, 15) is 18.3 Å². The van der Waals surface area contributed by atoms with Crippen molar-refractivity contribution in [3.8, 4) is 0 Å². The summed E-state index contributed by atoms with van der Waals surface area (Å²) in [6, 6.07) is 4.82. The average molecular weight is 299 g/mol. The number of carboxylic acid groups (broad SMARTS) is 1. The van der Waals surface area contributed by atoms with E-state index >= 15 is 0 Å². The maximum absolute atomic E-state index is 12.2. The first-order valence-electron chi connectivity index (χ1n) is 6.18. The van der Waals surface area contributed by atoms with Crippen molar-refractivity contribution in [2.45, 2.75) is 37.3 Å². The predicted octanol–water partition coefficient (Wildman–Crippen LogP) is 0.823. The highest BCUT2D eigenvalue weighted by Gasteiger charge is 2.48. The minimum Gasteiger partial charge on any atom is -0.478 e. The number of aliphatic hydroxyl groups excluding tert-OH is 1. The van der Waals surface area contributed by atoms with Crippen molar-refractivity contribution in [1.29, 1.82) is 0 Å². The van der Waals surface area contributed by atoms with Crippen LogP contribution in [0.4, 0.5) is 0 Å². The molecule has 2 atom stereocenters. The second kappa shape index (κ2) is 4.83. The molecule has 0 heterocycles. The van der Waals surface area contributed by atoms with Crippen LogP contribution in [-0.4, -0.2) is 36.7 Å². The molecule has 0 amide bonds. The van der Waals surface area contributed by atoms with E-state index in [0.717, 1.165) is 6.07 Å². The van der Waals surface area contributed by atoms with Gasteiger partial charge < -0.3 is 10.2 Å². The molecule has 2 unspecified atom stereocenters. The summed E-state index contributed by atoms with van der Waals surface area (Å²) in [6.45, 7) is 3.56. The molecule has 1 aromatic carbocycles. The van der Waals surface area contributed by atoms with E-state index in [-0.39, 0.29) is 16.5 Å². The molecular weight excluding hydrogens is 282 g/mol. The van der Waals surface area contributed by atoms with Crippen molar-refractivity contribution in [2.24, 2.45) is 5.41 Å². The quantitative estimate of drug-likeness (QED) is 0.763. The third-order valence-electron chi connectivity index (χ3n) is 3.90. The molecule has 3 N–H and O–H groups in total. The topological polar surface area (TPSA) is 104 Å². The second-order valence-electron chi connectivity index (χ2n) is 5.58. The predicted molar refractivity (Wildman–Crippen MR) is 71.9 cm³/mol. The van der Waals surface area contributed by atoms with E-state index in [2.05, 4.69) is 4.72 Å². The van der Waals surface area contributed by atoms with Crippen LogP contribution in [0.15, 0.2) is 29.2 Å². The first-order chi connectivity index (χ1) is 9.14. The zero-order chi connectivity index (χ0) is 15.1. The van der Waals surface area contributed by atoms with Crippen molar-refractivity contribution >= 4 is 16.0 Å². The van der Waals surface area contributed by atoms with Crippen LogP contribution < -0.4 is 4.72 Å². The maximum Gasteiger partial charge on any atom is 0.335 e. The Hall–Kier alpha value is -1.44. The molecule has 1 fully saturated rings. The molecule has 1 aliphatic carbocycles. The molecule has 2 rings (SSSR count). The van der Waals surface area contributed by atoms with Crippen LogP contribution in [0, 0.1) is 5.41 Å². The zero-order valence-corrected chi connectivity index (χ0v) is 12.0. The highest BCUT2D eigenvalue weighted by atomic mass is 32.2. The molecule has 6 nitrogen and oxygen atoms in total. The Labute approximate surface area is 117 Å². The molecule has 1 saturated carbocycles. The van der Waals surface area contributed by atoms with E-state index < -0.39 is 27.5 Å². The van der Waals surface area contributed by atoms with Gasteiger partial charge in [0.05, 0.1) is 16.6 Å². The van der Waals surface area contributed by atoms with Crippen molar-refractivity contribution < 1.29 is 23.4 Å². The number of sulfonamides is 1. The average Bonchev–Trinajstić information content (AvgIpc) is 2.38. The van der Waals surface area contributed by atoms with Crippen LogP contribution >= 0.6 is 0 Å². The lowest BCUT2D eigenvalue weighted by Gasteiger charge is -2.49. The van der Waals surface area contributed by atoms with Gasteiger partial charge in [0.15, 0.2) is 0 Å². The Morgan fingerprint density at radius 2 is 2.05 bits per heavy atom. The molecule has 110 valence electrons. The van der Waals surface area contributed by atoms with Gasteiger partial charge in [-0.25, -0.2) is 17.9 Å². The van der Waals surface area contributed by atoms with Crippen LogP contribution in [0.2, 0.25) is 0 Å². The number of rotatable bonds is 4. The van der Waals surface area contributed by atoms with Gasteiger partial charge in [-0.05, 0) is 24.6 Å². The molecule has 0 aromatic heterocycles. The van der Waals surface area contributed by atoms with E-state index in [0.29, 0.717) is 6.42 Å². The van der Waals surface area contributed by atoms with Gasteiger partial charge in [-0.15, -0.1) is 0 Å². The van der Waals surface area contributed by atoms with Crippen LogP contribution in [-0.2, 0) is 10.0 Å². The van der Waals surface area contributed by atoms with E-state index in [4.69, 9.17) is 5.11 Å². The van der Waals surface area contributed by atoms with Gasteiger partial charge in [-0.1, -0.05) is 19.9 Å². The second-order valence-corrected chi connectivity index (χ2v) is 7.29. The fraction of sp³-hybridized carbons (Fsp3) is 0.462. The van der Waals surface area contributed by atoms with E-state index in [1.54, 1.807) is 13.8 Å². The summed E-state index contributed by atoms with van der Waals surface area (Å²) in [5, 5.41) is 18.5. The first-order valence-corrected chi connectivity index (χ1v) is 7.66. The molecule has 0 saturated heterocycles. The minimum absolute atomic E-state index is 0.0826. The molecule has 0 spiro atoms. The maximum atomic E-state index is 12.2. The number of carboxylic acids is 1. The minimum atomic E-state index is -3.80.